The van der Waals surface area contributed by atoms with E-state index in [0.717, 1.165) is 19.3 Å². The van der Waals surface area contributed by atoms with E-state index in [2.05, 4.69) is 15.9 Å². The molecule has 0 aromatic heterocycles. The van der Waals surface area contributed by atoms with Gasteiger partial charge in [0.1, 0.15) is 0 Å². The van der Waals surface area contributed by atoms with Crippen molar-refractivity contribution in [3.8, 4) is 0 Å². The van der Waals surface area contributed by atoms with Crippen LogP contribution in [0.3, 0.4) is 0 Å². The number of nitrogens with zero attached hydrogens (tertiary/aromatic N) is 1. The van der Waals surface area contributed by atoms with Gasteiger partial charge in [0.2, 0.25) is 11.8 Å². The highest BCUT2D eigenvalue weighted by atomic mass is 79.9. The summed E-state index contributed by atoms with van der Waals surface area (Å²) in [5.74, 6) is -0.0399. The number of likely N-dealkylation sites (tertiary alicyclic amines) is 1. The molecule has 2 amide bonds. The van der Waals surface area contributed by atoms with Gasteiger partial charge in [-0.1, -0.05) is 29.3 Å². The van der Waals surface area contributed by atoms with Crippen LogP contribution in [0, 0.1) is 0 Å². The van der Waals surface area contributed by atoms with Crippen LogP contribution in [0.2, 0.25) is 0 Å². The Kier molecular flexibility index (Phi) is 4.58. The standard InChI is InChI=1S/C10H16BrNO2/c1-8(11)7-10(14)12-6-4-2-3-5-9(12)13/h8H,2-7H2,1H3. The topological polar surface area (TPSA) is 37.4 Å². The zero-order valence-corrected chi connectivity index (χ0v) is 10.0. The first kappa shape index (κ1) is 11.7. The van der Waals surface area contributed by atoms with Crippen LogP contribution in [0.15, 0.2) is 0 Å². The van der Waals surface area contributed by atoms with Crippen LogP contribution >= 0.6 is 15.9 Å². The lowest BCUT2D eigenvalue weighted by molar-refractivity contribution is -0.144. The number of amides is 2. The second-order valence-electron chi connectivity index (χ2n) is 3.73. The maximum Gasteiger partial charge on any atom is 0.230 e. The van der Waals surface area contributed by atoms with Gasteiger partial charge in [-0.25, -0.2) is 0 Å². The number of alkyl halides is 1. The van der Waals surface area contributed by atoms with E-state index in [4.69, 9.17) is 0 Å². The van der Waals surface area contributed by atoms with Gasteiger partial charge in [0, 0.05) is 24.2 Å². The molecule has 14 heavy (non-hydrogen) atoms. The first-order chi connectivity index (χ1) is 6.61. The van der Waals surface area contributed by atoms with Crippen LogP contribution in [-0.4, -0.2) is 28.1 Å². The van der Waals surface area contributed by atoms with E-state index in [1.807, 2.05) is 6.92 Å². The molecular formula is C10H16BrNO2. The van der Waals surface area contributed by atoms with Crippen molar-refractivity contribution in [1.82, 2.24) is 4.90 Å². The Bertz CT molecular complexity index is 228. The van der Waals surface area contributed by atoms with Crippen molar-refractivity contribution in [3.63, 3.8) is 0 Å². The molecule has 0 aromatic carbocycles. The van der Waals surface area contributed by atoms with E-state index in [1.165, 1.54) is 4.90 Å². The third-order valence-corrected chi connectivity index (χ3v) is 2.65. The van der Waals surface area contributed by atoms with Gasteiger partial charge in [-0.3, -0.25) is 14.5 Å². The van der Waals surface area contributed by atoms with Crippen LogP contribution in [0.25, 0.3) is 0 Å². The van der Waals surface area contributed by atoms with Crippen LogP contribution < -0.4 is 0 Å². The van der Waals surface area contributed by atoms with Crippen molar-refractivity contribution >= 4 is 27.7 Å². The Balaban J connectivity index is 2.54. The normalized spacial score (nSPS) is 20.4. The third kappa shape index (κ3) is 3.40. The van der Waals surface area contributed by atoms with E-state index in [-0.39, 0.29) is 16.6 Å². The predicted octanol–water partition coefficient (Wildman–Crippen LogP) is 2.09. The van der Waals surface area contributed by atoms with Crippen molar-refractivity contribution in [2.45, 2.75) is 43.9 Å². The van der Waals surface area contributed by atoms with Crippen molar-refractivity contribution in [3.05, 3.63) is 0 Å². The van der Waals surface area contributed by atoms with Gasteiger partial charge in [0.15, 0.2) is 0 Å². The van der Waals surface area contributed by atoms with Gasteiger partial charge in [-0.15, -0.1) is 0 Å². The van der Waals surface area contributed by atoms with E-state index in [1.54, 1.807) is 0 Å². The zero-order valence-electron chi connectivity index (χ0n) is 8.46. The molecule has 1 saturated heterocycles. The summed E-state index contributed by atoms with van der Waals surface area (Å²) in [6, 6.07) is 0. The second kappa shape index (κ2) is 5.49. The van der Waals surface area contributed by atoms with Gasteiger partial charge in [-0.05, 0) is 12.8 Å². The Hall–Kier alpha value is -0.380. The van der Waals surface area contributed by atoms with Gasteiger partial charge in [0.25, 0.3) is 0 Å². The van der Waals surface area contributed by atoms with E-state index < -0.39 is 0 Å². The van der Waals surface area contributed by atoms with Gasteiger partial charge < -0.3 is 0 Å². The van der Waals surface area contributed by atoms with Crippen LogP contribution in [0.1, 0.15) is 39.0 Å². The summed E-state index contributed by atoms with van der Waals surface area (Å²) in [5.41, 5.74) is 0. The summed E-state index contributed by atoms with van der Waals surface area (Å²) in [4.78, 5) is 24.7. The quantitative estimate of drug-likeness (QED) is 0.714. The smallest absolute Gasteiger partial charge is 0.230 e. The highest BCUT2D eigenvalue weighted by molar-refractivity contribution is 9.09. The molecule has 80 valence electrons. The maximum absolute atomic E-state index is 11.6. The predicted molar refractivity (Wildman–Crippen MR) is 58.2 cm³/mol. The lowest BCUT2D eigenvalue weighted by atomic mass is 10.2. The Labute approximate surface area is 93.0 Å². The Morgan fingerprint density at radius 1 is 1.50 bits per heavy atom. The summed E-state index contributed by atoms with van der Waals surface area (Å²) >= 11 is 3.32. The maximum atomic E-state index is 11.6. The molecule has 4 heteroatoms. The summed E-state index contributed by atoms with van der Waals surface area (Å²) in [7, 11) is 0. The van der Waals surface area contributed by atoms with Crippen molar-refractivity contribution in [2.24, 2.45) is 0 Å². The minimum atomic E-state index is -0.0405. The van der Waals surface area contributed by atoms with Crippen LogP contribution in [-0.2, 0) is 9.59 Å². The molecule has 0 radical (unpaired) electrons. The number of halogens is 1. The third-order valence-electron chi connectivity index (χ3n) is 2.33. The van der Waals surface area contributed by atoms with Crippen LogP contribution in [0.4, 0.5) is 0 Å². The second-order valence-corrected chi connectivity index (χ2v) is 5.30. The summed E-state index contributed by atoms with van der Waals surface area (Å²) in [5, 5.41) is 0. The molecule has 1 aliphatic heterocycles. The molecule has 0 N–H and O–H groups in total. The van der Waals surface area contributed by atoms with Crippen molar-refractivity contribution in [2.75, 3.05) is 6.54 Å². The molecule has 1 atom stereocenters. The SMILES string of the molecule is CC(Br)CC(=O)N1CCCCCC1=O. The van der Waals surface area contributed by atoms with Crippen LogP contribution in [0.5, 0.6) is 0 Å². The Morgan fingerprint density at radius 3 is 2.86 bits per heavy atom. The molecule has 0 aromatic rings. The fourth-order valence-corrected chi connectivity index (χ4v) is 1.87. The minimum absolute atomic E-state index is 0.000602. The molecule has 1 rings (SSSR count). The number of rotatable bonds is 2. The largest absolute Gasteiger partial charge is 0.283 e. The first-order valence-electron chi connectivity index (χ1n) is 5.08. The highest BCUT2D eigenvalue weighted by Gasteiger charge is 2.23. The molecule has 0 aliphatic carbocycles. The van der Waals surface area contributed by atoms with Gasteiger partial charge in [-0.2, -0.15) is 0 Å². The number of carbonyl (C=O) groups is 2. The van der Waals surface area contributed by atoms with Crippen molar-refractivity contribution < 1.29 is 9.59 Å². The number of hydrogen-bond donors (Lipinski definition) is 0. The van der Waals surface area contributed by atoms with Crippen molar-refractivity contribution in [1.29, 1.82) is 0 Å². The molecule has 1 unspecified atom stereocenters. The molecular weight excluding hydrogens is 246 g/mol. The average Bonchev–Trinajstić information content (AvgIpc) is 2.28. The highest BCUT2D eigenvalue weighted by Crippen LogP contribution is 2.14. The Morgan fingerprint density at radius 2 is 2.21 bits per heavy atom. The molecule has 1 heterocycles. The van der Waals surface area contributed by atoms with E-state index in [9.17, 15) is 9.59 Å². The molecule has 1 fully saturated rings. The number of hydrogen-bond acceptors (Lipinski definition) is 2. The first-order valence-corrected chi connectivity index (χ1v) is 6.00. The molecule has 3 nitrogen and oxygen atoms in total. The molecule has 0 bridgehead atoms. The summed E-state index contributed by atoms with van der Waals surface area (Å²) < 4.78 is 0. The number of carbonyl (C=O) groups excluding carboxylic acids is 2. The molecule has 1 aliphatic rings. The molecule has 0 saturated carbocycles. The monoisotopic (exact) mass is 261 g/mol. The fraction of sp³-hybridized carbons (Fsp3) is 0.800. The average molecular weight is 262 g/mol. The van der Waals surface area contributed by atoms with Gasteiger partial charge in [0.05, 0.1) is 0 Å². The minimum Gasteiger partial charge on any atom is -0.283 e. The zero-order chi connectivity index (χ0) is 10.6. The van der Waals surface area contributed by atoms with E-state index >= 15 is 0 Å². The lowest BCUT2D eigenvalue weighted by Gasteiger charge is -2.18. The van der Waals surface area contributed by atoms with Gasteiger partial charge >= 0.3 is 0 Å². The lowest BCUT2D eigenvalue weighted by Crippen LogP contribution is -2.37. The van der Waals surface area contributed by atoms with E-state index in [0.29, 0.717) is 19.4 Å². The number of imide groups is 1. The summed E-state index contributed by atoms with van der Waals surface area (Å²) in [6.07, 6.45) is 3.87. The molecule has 0 spiro atoms. The summed E-state index contributed by atoms with van der Waals surface area (Å²) in [6.45, 7) is 2.53. The fourth-order valence-electron chi connectivity index (χ4n) is 1.60.